The SMILES string of the molecule is CP1C2=Cc3ccccc3[CH]2[Zr+2][CH]2C1=Cc1ccccc12.[F-].[F-]. The third kappa shape index (κ3) is 2.36. The molecular formula is C19H15F2PZr. The zero-order chi connectivity index (χ0) is 14.0. The van der Waals surface area contributed by atoms with Crippen LogP contribution in [0.25, 0.3) is 12.2 Å². The second-order valence-electron chi connectivity index (χ2n) is 5.99. The predicted octanol–water partition coefficient (Wildman–Crippen LogP) is -0.606. The molecule has 2 atom stereocenters. The fraction of sp³-hybridized carbons (Fsp3) is 0.158. The summed E-state index contributed by atoms with van der Waals surface area (Å²) in [5.74, 6) is 0. The van der Waals surface area contributed by atoms with Gasteiger partial charge in [-0.25, -0.2) is 0 Å². The van der Waals surface area contributed by atoms with Crippen molar-refractivity contribution in [1.29, 1.82) is 0 Å². The van der Waals surface area contributed by atoms with Crippen LogP contribution in [0.1, 0.15) is 29.5 Å². The van der Waals surface area contributed by atoms with Gasteiger partial charge in [0.25, 0.3) is 0 Å². The van der Waals surface area contributed by atoms with Crippen LogP contribution in [0.3, 0.4) is 0 Å². The molecule has 0 radical (unpaired) electrons. The first-order valence-corrected chi connectivity index (χ1v) is 12.1. The van der Waals surface area contributed by atoms with E-state index in [0.29, 0.717) is 0 Å². The van der Waals surface area contributed by atoms with Crippen LogP contribution in [-0.4, -0.2) is 6.66 Å². The van der Waals surface area contributed by atoms with Gasteiger partial charge >= 0.3 is 139 Å². The molecule has 4 heteroatoms. The van der Waals surface area contributed by atoms with Gasteiger partial charge in [-0.05, 0) is 0 Å². The van der Waals surface area contributed by atoms with E-state index in [-0.39, 0.29) is 17.3 Å². The molecule has 1 saturated heterocycles. The van der Waals surface area contributed by atoms with E-state index in [1.807, 2.05) is 0 Å². The molecular weight excluding hydrogens is 388 g/mol. The average molecular weight is 404 g/mol. The first-order chi connectivity index (χ1) is 10.3. The normalized spacial score (nSPS) is 25.0. The summed E-state index contributed by atoms with van der Waals surface area (Å²) in [6, 6.07) is 18.2. The standard InChI is InChI=1S/C19H15P.2FH.Zr/c1-20(18-10-14-6-2-3-7-15(14)11-18)19-12-16-8-4-5-9-17(16)13-19;;;/h2-13H,1H3;2*1H;/q;;;+2/p-2. The third-order valence-corrected chi connectivity index (χ3v) is 13.1. The minimum atomic E-state index is -0.531. The van der Waals surface area contributed by atoms with Gasteiger partial charge in [-0.2, -0.15) is 0 Å². The van der Waals surface area contributed by atoms with Crippen LogP contribution in [-0.2, 0) is 23.2 Å². The van der Waals surface area contributed by atoms with Crippen molar-refractivity contribution < 1.29 is 32.6 Å². The zero-order valence-electron chi connectivity index (χ0n) is 12.6. The van der Waals surface area contributed by atoms with E-state index in [4.69, 9.17) is 0 Å². The molecule has 2 unspecified atom stereocenters. The molecule has 0 amide bonds. The van der Waals surface area contributed by atoms with Gasteiger partial charge in [0.05, 0.1) is 0 Å². The van der Waals surface area contributed by atoms with E-state index >= 15 is 0 Å². The van der Waals surface area contributed by atoms with Gasteiger partial charge in [0.2, 0.25) is 0 Å². The topological polar surface area (TPSA) is 0 Å². The summed E-state index contributed by atoms with van der Waals surface area (Å²) in [6.45, 7) is 2.49. The van der Waals surface area contributed by atoms with Crippen molar-refractivity contribution in [2.24, 2.45) is 0 Å². The van der Waals surface area contributed by atoms with Crippen LogP contribution in [0.4, 0.5) is 0 Å². The third-order valence-electron chi connectivity index (χ3n) is 4.92. The monoisotopic (exact) mass is 402 g/mol. The Morgan fingerprint density at radius 1 is 0.739 bits per heavy atom. The largest absolute Gasteiger partial charge is 1.00 e. The van der Waals surface area contributed by atoms with Gasteiger partial charge in [0.1, 0.15) is 0 Å². The van der Waals surface area contributed by atoms with Crippen molar-refractivity contribution in [1.82, 2.24) is 0 Å². The zero-order valence-corrected chi connectivity index (χ0v) is 16.0. The summed E-state index contributed by atoms with van der Waals surface area (Å²) >= 11 is -0.531. The summed E-state index contributed by atoms with van der Waals surface area (Å²) in [5.41, 5.74) is 6.27. The minimum absolute atomic E-state index is 0. The minimum Gasteiger partial charge on any atom is -1.00 e. The quantitative estimate of drug-likeness (QED) is 0.515. The number of fused-ring (bicyclic) bond motifs is 6. The van der Waals surface area contributed by atoms with Gasteiger partial charge in [0.15, 0.2) is 0 Å². The molecule has 1 fully saturated rings. The summed E-state index contributed by atoms with van der Waals surface area (Å²) < 4.78 is 1.66. The number of halogens is 2. The fourth-order valence-electron chi connectivity index (χ4n) is 3.86. The van der Waals surface area contributed by atoms with E-state index < -0.39 is 23.2 Å². The first-order valence-electron chi connectivity index (χ1n) is 7.44. The summed E-state index contributed by atoms with van der Waals surface area (Å²) in [4.78, 5) is 0. The molecule has 114 valence electrons. The predicted molar refractivity (Wildman–Crippen MR) is 87.2 cm³/mol. The Balaban J connectivity index is 0.000000781. The van der Waals surface area contributed by atoms with Crippen molar-refractivity contribution >= 4 is 20.1 Å². The Bertz CT molecular complexity index is 760. The molecule has 0 bridgehead atoms. The van der Waals surface area contributed by atoms with Crippen molar-refractivity contribution in [3.63, 3.8) is 0 Å². The molecule has 3 aliphatic rings. The number of hydrogen-bond donors (Lipinski definition) is 0. The fourth-order valence-corrected chi connectivity index (χ4v) is 13.9. The molecule has 2 aliphatic carbocycles. The molecule has 1 heterocycles. The Labute approximate surface area is 147 Å². The second-order valence-corrected chi connectivity index (χ2v) is 11.8. The van der Waals surface area contributed by atoms with Crippen LogP contribution in [0.2, 0.25) is 0 Å². The summed E-state index contributed by atoms with van der Waals surface area (Å²) in [7, 11) is -0.100. The smallest absolute Gasteiger partial charge is 1.00 e. The van der Waals surface area contributed by atoms with Crippen LogP contribution in [0.15, 0.2) is 59.2 Å². The Kier molecular flexibility index (Phi) is 4.56. The van der Waals surface area contributed by atoms with Gasteiger partial charge in [-0.3, -0.25) is 0 Å². The molecule has 0 aromatic heterocycles. The van der Waals surface area contributed by atoms with Gasteiger partial charge < -0.3 is 9.41 Å². The summed E-state index contributed by atoms with van der Waals surface area (Å²) in [6.07, 6.45) is 5.04. The van der Waals surface area contributed by atoms with E-state index in [0.717, 1.165) is 7.25 Å². The van der Waals surface area contributed by atoms with Crippen molar-refractivity contribution in [2.45, 2.75) is 7.25 Å². The second kappa shape index (κ2) is 6.19. The number of allylic oxidation sites excluding steroid dienone is 2. The molecule has 0 spiro atoms. The molecule has 23 heavy (non-hydrogen) atoms. The Morgan fingerprint density at radius 2 is 1.17 bits per heavy atom. The van der Waals surface area contributed by atoms with Gasteiger partial charge in [-0.1, -0.05) is 0 Å². The molecule has 5 rings (SSSR count). The number of benzene rings is 2. The van der Waals surface area contributed by atoms with E-state index in [1.54, 1.807) is 21.8 Å². The molecule has 0 N–H and O–H groups in total. The van der Waals surface area contributed by atoms with Crippen molar-refractivity contribution in [3.05, 3.63) is 81.4 Å². The Hall–Kier alpha value is -0.907. The van der Waals surface area contributed by atoms with Crippen LogP contribution in [0, 0.1) is 0 Å². The summed E-state index contributed by atoms with van der Waals surface area (Å²) in [5, 5.41) is 3.54. The van der Waals surface area contributed by atoms with E-state index in [2.05, 4.69) is 67.3 Å². The van der Waals surface area contributed by atoms with E-state index in [1.165, 1.54) is 11.1 Å². The van der Waals surface area contributed by atoms with Crippen LogP contribution in [0.5, 0.6) is 0 Å². The molecule has 0 nitrogen and oxygen atoms in total. The van der Waals surface area contributed by atoms with Crippen LogP contribution < -0.4 is 9.41 Å². The number of rotatable bonds is 0. The maximum Gasteiger partial charge on any atom is -1.00 e. The van der Waals surface area contributed by atoms with Crippen molar-refractivity contribution in [2.75, 3.05) is 6.66 Å². The first kappa shape index (κ1) is 16.9. The van der Waals surface area contributed by atoms with Crippen molar-refractivity contribution in [3.8, 4) is 0 Å². The number of hydrogen-bond acceptors (Lipinski definition) is 0. The van der Waals surface area contributed by atoms with Crippen LogP contribution >= 0.6 is 7.92 Å². The molecule has 1 aliphatic heterocycles. The Morgan fingerprint density at radius 3 is 1.65 bits per heavy atom. The van der Waals surface area contributed by atoms with E-state index in [9.17, 15) is 0 Å². The van der Waals surface area contributed by atoms with Gasteiger partial charge in [-0.15, -0.1) is 0 Å². The average Bonchev–Trinajstić information content (AvgIpc) is 3.07. The maximum absolute atomic E-state index is 2.52. The maximum atomic E-state index is 2.52. The molecule has 0 saturated carbocycles. The molecule has 2 aromatic carbocycles. The van der Waals surface area contributed by atoms with Gasteiger partial charge in [0, 0.05) is 0 Å². The molecule has 2 aromatic rings.